The molecule has 1 spiro atoms. The first-order valence-corrected chi connectivity index (χ1v) is 11.0. The molecule has 3 aromatic rings. The Kier molecular flexibility index (Phi) is 5.23. The largest absolute Gasteiger partial charge is 0.503 e. The number of nitrogens with zero attached hydrogens (tertiary/aromatic N) is 4. The molecule has 1 aliphatic carbocycles. The van der Waals surface area contributed by atoms with Gasteiger partial charge in [0.2, 0.25) is 0 Å². The Labute approximate surface area is 191 Å². The highest BCUT2D eigenvalue weighted by Gasteiger charge is 2.47. The molecule has 6 nitrogen and oxygen atoms in total. The number of halogens is 5. The highest BCUT2D eigenvalue weighted by atomic mass is 19.4. The molecule has 182 valence electrons. The van der Waals surface area contributed by atoms with Crippen molar-refractivity contribution in [3.8, 4) is 17.0 Å². The van der Waals surface area contributed by atoms with Crippen molar-refractivity contribution in [3.05, 3.63) is 35.5 Å². The zero-order valence-corrected chi connectivity index (χ0v) is 18.6. The molecule has 3 heterocycles. The fraction of sp³-hybridized carbons (Fsp3) is 0.478. The van der Waals surface area contributed by atoms with E-state index in [2.05, 4.69) is 15.0 Å². The molecule has 34 heavy (non-hydrogen) atoms. The molecule has 1 unspecified atom stereocenters. The van der Waals surface area contributed by atoms with Gasteiger partial charge in [0, 0.05) is 49.5 Å². The quantitative estimate of drug-likeness (QED) is 0.522. The van der Waals surface area contributed by atoms with E-state index in [0.717, 1.165) is 38.6 Å². The van der Waals surface area contributed by atoms with Crippen molar-refractivity contribution in [1.82, 2.24) is 14.8 Å². The summed E-state index contributed by atoms with van der Waals surface area (Å²) in [7, 11) is 3.29. The van der Waals surface area contributed by atoms with Gasteiger partial charge in [0.05, 0.1) is 17.2 Å². The molecule has 0 bridgehead atoms. The first-order valence-electron chi connectivity index (χ1n) is 11.0. The Morgan fingerprint density at radius 3 is 2.53 bits per heavy atom. The average molecular weight is 482 g/mol. The van der Waals surface area contributed by atoms with Crippen LogP contribution in [0.15, 0.2) is 18.3 Å². The van der Waals surface area contributed by atoms with Crippen molar-refractivity contribution in [3.63, 3.8) is 0 Å². The molecule has 2 fully saturated rings. The Morgan fingerprint density at radius 2 is 1.91 bits per heavy atom. The molecule has 1 aliphatic heterocycles. The molecule has 2 aliphatic rings. The Hall–Kier alpha value is -2.95. The molecule has 0 radical (unpaired) electrons. The van der Waals surface area contributed by atoms with Gasteiger partial charge in [-0.3, -0.25) is 4.68 Å². The number of aryl methyl sites for hydroxylation is 1. The van der Waals surface area contributed by atoms with Crippen molar-refractivity contribution in [2.45, 2.75) is 49.9 Å². The third-order valence-corrected chi connectivity index (χ3v) is 7.21. The number of aromatic hydroxyl groups is 1. The smallest absolute Gasteiger partial charge is 0.419 e. The molecule has 0 amide bonds. The molecule has 1 N–H and O–H groups in total. The van der Waals surface area contributed by atoms with E-state index in [0.29, 0.717) is 22.8 Å². The maximum absolute atomic E-state index is 14.7. The van der Waals surface area contributed by atoms with Gasteiger partial charge in [-0.15, -0.1) is 0 Å². The SMILES string of the molecule is COC1CCN(c2cc3c(cn2)c(-c2cc(C(F)(F)F)c(F)c(O)c2F)nn3C)C2(CCC2)C1. The van der Waals surface area contributed by atoms with Crippen LogP contribution in [0.4, 0.5) is 27.8 Å². The molecular formula is C23H23F5N4O2. The van der Waals surface area contributed by atoms with Gasteiger partial charge in [0.1, 0.15) is 11.5 Å². The Balaban J connectivity index is 1.60. The maximum Gasteiger partial charge on any atom is 0.419 e. The van der Waals surface area contributed by atoms with Crippen LogP contribution in [0.2, 0.25) is 0 Å². The molecule has 1 atom stereocenters. The molecule has 2 aromatic heterocycles. The number of benzene rings is 1. The third-order valence-electron chi connectivity index (χ3n) is 7.21. The summed E-state index contributed by atoms with van der Waals surface area (Å²) in [6.45, 7) is 0.747. The molecule has 1 aromatic carbocycles. The number of piperidine rings is 1. The van der Waals surface area contributed by atoms with E-state index < -0.39 is 34.7 Å². The van der Waals surface area contributed by atoms with E-state index in [4.69, 9.17) is 4.74 Å². The van der Waals surface area contributed by atoms with Gasteiger partial charge in [0.25, 0.3) is 0 Å². The number of anilines is 1. The first kappa shape index (κ1) is 22.8. The lowest BCUT2D eigenvalue weighted by molar-refractivity contribution is -0.140. The predicted molar refractivity (Wildman–Crippen MR) is 114 cm³/mol. The van der Waals surface area contributed by atoms with Gasteiger partial charge in [-0.25, -0.2) is 13.8 Å². The van der Waals surface area contributed by atoms with E-state index in [-0.39, 0.29) is 17.3 Å². The normalized spacial score (nSPS) is 20.2. The van der Waals surface area contributed by atoms with Crippen molar-refractivity contribution in [2.24, 2.45) is 7.05 Å². The van der Waals surface area contributed by atoms with E-state index in [1.54, 1.807) is 20.2 Å². The zero-order valence-electron chi connectivity index (χ0n) is 18.6. The van der Waals surface area contributed by atoms with Crippen molar-refractivity contribution >= 4 is 16.7 Å². The van der Waals surface area contributed by atoms with E-state index in [1.807, 2.05) is 0 Å². The second-order valence-electron chi connectivity index (χ2n) is 9.06. The van der Waals surface area contributed by atoms with Gasteiger partial charge >= 0.3 is 6.18 Å². The van der Waals surface area contributed by atoms with Crippen molar-refractivity contribution in [1.29, 1.82) is 0 Å². The minimum absolute atomic E-state index is 0.0442. The number of alkyl halides is 3. The van der Waals surface area contributed by atoms with Crippen LogP contribution in [0.3, 0.4) is 0 Å². The van der Waals surface area contributed by atoms with Crippen molar-refractivity contribution < 1.29 is 31.8 Å². The van der Waals surface area contributed by atoms with Crippen LogP contribution in [-0.4, -0.2) is 45.2 Å². The van der Waals surface area contributed by atoms with E-state index >= 15 is 0 Å². The second-order valence-corrected chi connectivity index (χ2v) is 9.06. The van der Waals surface area contributed by atoms with Crippen LogP contribution in [0, 0.1) is 11.6 Å². The molecular weight excluding hydrogens is 459 g/mol. The predicted octanol–water partition coefficient (Wildman–Crippen LogP) is 5.18. The van der Waals surface area contributed by atoms with Crippen LogP contribution in [-0.2, 0) is 18.0 Å². The number of pyridine rings is 1. The van der Waals surface area contributed by atoms with E-state index in [1.165, 1.54) is 10.9 Å². The number of phenolic OH excluding ortho intramolecular Hbond substituents is 1. The van der Waals surface area contributed by atoms with Crippen LogP contribution >= 0.6 is 0 Å². The number of methoxy groups -OCH3 is 1. The molecule has 5 rings (SSSR count). The molecule has 1 saturated carbocycles. The monoisotopic (exact) mass is 482 g/mol. The summed E-state index contributed by atoms with van der Waals surface area (Å²) in [6, 6.07) is 2.12. The van der Waals surface area contributed by atoms with Gasteiger partial charge in [-0.05, 0) is 38.2 Å². The summed E-state index contributed by atoms with van der Waals surface area (Å²) in [4.78, 5) is 6.80. The first-order chi connectivity index (χ1) is 16.1. The van der Waals surface area contributed by atoms with Crippen LogP contribution in [0.25, 0.3) is 22.2 Å². The lowest BCUT2D eigenvalue weighted by Crippen LogP contribution is -2.60. The Morgan fingerprint density at radius 1 is 1.18 bits per heavy atom. The summed E-state index contributed by atoms with van der Waals surface area (Å²) >= 11 is 0. The summed E-state index contributed by atoms with van der Waals surface area (Å²) < 4.78 is 75.5. The van der Waals surface area contributed by atoms with E-state index in [9.17, 15) is 27.1 Å². The summed E-state index contributed by atoms with van der Waals surface area (Å²) in [6.07, 6.45) is 1.38. The van der Waals surface area contributed by atoms with Gasteiger partial charge in [-0.1, -0.05) is 0 Å². The van der Waals surface area contributed by atoms with Gasteiger partial charge in [-0.2, -0.15) is 18.3 Å². The summed E-state index contributed by atoms with van der Waals surface area (Å²) in [5.41, 5.74) is -2.09. The highest BCUT2D eigenvalue weighted by molar-refractivity contribution is 5.94. The minimum atomic E-state index is -5.12. The minimum Gasteiger partial charge on any atom is -0.503 e. The lowest BCUT2D eigenvalue weighted by atomic mass is 9.69. The third kappa shape index (κ3) is 3.40. The number of fused-ring (bicyclic) bond motifs is 1. The molecule has 11 heteroatoms. The fourth-order valence-electron chi connectivity index (χ4n) is 5.25. The van der Waals surface area contributed by atoms with Crippen LogP contribution in [0.1, 0.15) is 37.7 Å². The average Bonchev–Trinajstić information content (AvgIpc) is 3.10. The number of hydrogen-bond acceptors (Lipinski definition) is 5. The maximum atomic E-state index is 14.7. The number of hydrogen-bond donors (Lipinski definition) is 1. The number of aromatic nitrogens is 3. The summed E-state index contributed by atoms with van der Waals surface area (Å²) in [5.74, 6) is -4.56. The lowest BCUT2D eigenvalue weighted by Gasteiger charge is -2.55. The highest BCUT2D eigenvalue weighted by Crippen LogP contribution is 2.47. The van der Waals surface area contributed by atoms with Gasteiger partial charge < -0.3 is 14.7 Å². The summed E-state index contributed by atoms with van der Waals surface area (Å²) in [5, 5.41) is 14.2. The second kappa shape index (κ2) is 7.79. The number of ether oxygens (including phenoxy) is 1. The zero-order chi connectivity index (χ0) is 24.4. The van der Waals surface area contributed by atoms with Crippen LogP contribution < -0.4 is 4.90 Å². The topological polar surface area (TPSA) is 63.4 Å². The fourth-order valence-corrected chi connectivity index (χ4v) is 5.25. The number of rotatable bonds is 3. The number of phenols is 1. The van der Waals surface area contributed by atoms with Crippen LogP contribution in [0.5, 0.6) is 5.75 Å². The standard InChI is InChI=1S/C23H23F5N4O2/c1-31-16-9-17(32-7-4-12(34-2)10-22(32)5-3-6-22)29-11-14(16)20(30-31)13-8-15(23(26,27)28)19(25)21(33)18(13)24/h8-9,11-12,33H,3-7,10H2,1-2H3. The van der Waals surface area contributed by atoms with Gasteiger partial charge in [0.15, 0.2) is 17.4 Å². The molecule has 1 saturated heterocycles. The Bertz CT molecular complexity index is 1270. The van der Waals surface area contributed by atoms with Crippen molar-refractivity contribution in [2.75, 3.05) is 18.6 Å².